The molecule has 1 saturated heterocycles. The molecule has 1 heterocycles. The number of nitrogens with zero attached hydrogens (tertiary/aromatic N) is 1. The molecule has 3 atom stereocenters. The summed E-state index contributed by atoms with van der Waals surface area (Å²) >= 11 is 0. The summed E-state index contributed by atoms with van der Waals surface area (Å²) in [5.41, 5.74) is 0.329. The Bertz CT molecular complexity index is 493. The number of rotatable bonds is 5. The summed E-state index contributed by atoms with van der Waals surface area (Å²) in [6.45, 7) is 6.41. The monoisotopic (exact) mass is 273 g/mol. The lowest BCUT2D eigenvalue weighted by Gasteiger charge is -2.44. The molecule has 1 aliphatic rings. The van der Waals surface area contributed by atoms with E-state index in [1.54, 1.807) is 13.0 Å². The van der Waals surface area contributed by atoms with Crippen molar-refractivity contribution in [2.24, 2.45) is 5.92 Å². The van der Waals surface area contributed by atoms with Crippen molar-refractivity contribution < 1.29 is 9.90 Å². The van der Waals surface area contributed by atoms with E-state index in [-0.39, 0.29) is 17.9 Å². The molecule has 0 radical (unpaired) electrons. The van der Waals surface area contributed by atoms with Gasteiger partial charge in [-0.1, -0.05) is 49.4 Å². The normalized spacial score (nSPS) is 25.6. The first-order valence-electron chi connectivity index (χ1n) is 7.21. The van der Waals surface area contributed by atoms with Crippen molar-refractivity contribution >= 4 is 5.91 Å². The Morgan fingerprint density at radius 1 is 1.35 bits per heavy atom. The van der Waals surface area contributed by atoms with Crippen LogP contribution < -0.4 is 0 Å². The van der Waals surface area contributed by atoms with E-state index in [2.05, 4.69) is 6.92 Å². The SMILES string of the molecule is CC[C@@](C)(O)/C=C/[C@@H]1C(=O)N(Cc2ccccc2)[C@@H]1C. The highest BCUT2D eigenvalue weighted by atomic mass is 16.3. The largest absolute Gasteiger partial charge is 0.386 e. The molecule has 0 spiro atoms. The predicted molar refractivity (Wildman–Crippen MR) is 80.0 cm³/mol. The van der Waals surface area contributed by atoms with Gasteiger partial charge in [0.1, 0.15) is 0 Å². The molecular weight excluding hydrogens is 250 g/mol. The van der Waals surface area contributed by atoms with Crippen LogP contribution in [0.5, 0.6) is 0 Å². The van der Waals surface area contributed by atoms with E-state index in [9.17, 15) is 9.90 Å². The number of carbonyl (C=O) groups excluding carboxylic acids is 1. The van der Waals surface area contributed by atoms with Gasteiger partial charge in [0.15, 0.2) is 0 Å². The van der Waals surface area contributed by atoms with Crippen LogP contribution in [0.3, 0.4) is 0 Å². The van der Waals surface area contributed by atoms with Gasteiger partial charge in [0.25, 0.3) is 0 Å². The number of β-lactam (4-membered cyclic amide) rings is 1. The van der Waals surface area contributed by atoms with Gasteiger partial charge in [-0.3, -0.25) is 4.79 Å². The van der Waals surface area contributed by atoms with E-state index in [1.165, 1.54) is 0 Å². The summed E-state index contributed by atoms with van der Waals surface area (Å²) < 4.78 is 0. The van der Waals surface area contributed by atoms with Crippen LogP contribution in [0.15, 0.2) is 42.5 Å². The van der Waals surface area contributed by atoms with Gasteiger partial charge in [-0.15, -0.1) is 0 Å². The molecular formula is C17H23NO2. The Balaban J connectivity index is 1.97. The summed E-state index contributed by atoms with van der Waals surface area (Å²) in [5.74, 6) is 0.0428. The van der Waals surface area contributed by atoms with Crippen LogP contribution in [0.4, 0.5) is 0 Å². The minimum atomic E-state index is -0.820. The molecule has 0 bridgehead atoms. The van der Waals surface area contributed by atoms with Crippen LogP contribution >= 0.6 is 0 Å². The van der Waals surface area contributed by atoms with Gasteiger partial charge in [0.2, 0.25) is 5.91 Å². The number of likely N-dealkylation sites (tertiary alicyclic amines) is 1. The minimum Gasteiger partial charge on any atom is -0.386 e. The van der Waals surface area contributed by atoms with Crippen LogP contribution in [0.25, 0.3) is 0 Å². The van der Waals surface area contributed by atoms with Gasteiger partial charge in [-0.05, 0) is 25.8 Å². The van der Waals surface area contributed by atoms with Crippen molar-refractivity contribution in [3.8, 4) is 0 Å². The molecule has 1 aromatic rings. The summed E-state index contributed by atoms with van der Waals surface area (Å²) in [7, 11) is 0. The third-order valence-electron chi connectivity index (χ3n) is 4.15. The summed E-state index contributed by atoms with van der Waals surface area (Å²) in [5, 5.41) is 9.95. The van der Waals surface area contributed by atoms with Crippen molar-refractivity contribution in [1.29, 1.82) is 0 Å². The lowest BCUT2D eigenvalue weighted by Crippen LogP contribution is -2.58. The zero-order chi connectivity index (χ0) is 14.8. The van der Waals surface area contributed by atoms with E-state index in [0.29, 0.717) is 13.0 Å². The zero-order valence-electron chi connectivity index (χ0n) is 12.4. The number of hydrogen-bond acceptors (Lipinski definition) is 2. The Kier molecular flexibility index (Phi) is 4.29. The van der Waals surface area contributed by atoms with Crippen LogP contribution in [0.2, 0.25) is 0 Å². The summed E-state index contributed by atoms with van der Waals surface area (Å²) in [6.07, 6.45) is 4.26. The highest BCUT2D eigenvalue weighted by Crippen LogP contribution is 2.30. The highest BCUT2D eigenvalue weighted by molar-refractivity contribution is 5.87. The maximum atomic E-state index is 12.2. The van der Waals surface area contributed by atoms with Gasteiger partial charge in [0, 0.05) is 12.6 Å². The third kappa shape index (κ3) is 3.10. The molecule has 3 heteroatoms. The van der Waals surface area contributed by atoms with E-state index in [1.807, 2.05) is 48.2 Å². The first-order valence-corrected chi connectivity index (χ1v) is 7.21. The van der Waals surface area contributed by atoms with E-state index < -0.39 is 5.60 Å². The molecule has 1 fully saturated rings. The smallest absolute Gasteiger partial charge is 0.232 e. The number of hydrogen-bond donors (Lipinski definition) is 1. The molecule has 1 amide bonds. The fraction of sp³-hybridized carbons (Fsp3) is 0.471. The van der Waals surface area contributed by atoms with E-state index >= 15 is 0 Å². The van der Waals surface area contributed by atoms with Crippen LogP contribution in [-0.4, -0.2) is 27.6 Å². The average molecular weight is 273 g/mol. The zero-order valence-corrected chi connectivity index (χ0v) is 12.4. The number of aliphatic hydroxyl groups is 1. The van der Waals surface area contributed by atoms with Crippen LogP contribution in [0, 0.1) is 5.92 Å². The molecule has 0 saturated carbocycles. The fourth-order valence-corrected chi connectivity index (χ4v) is 2.38. The Morgan fingerprint density at radius 2 is 2.00 bits per heavy atom. The Labute approximate surface area is 120 Å². The van der Waals surface area contributed by atoms with Gasteiger partial charge >= 0.3 is 0 Å². The quantitative estimate of drug-likeness (QED) is 0.662. The molecule has 20 heavy (non-hydrogen) atoms. The van der Waals surface area contributed by atoms with Crippen molar-refractivity contribution in [2.45, 2.75) is 45.4 Å². The maximum absolute atomic E-state index is 12.2. The van der Waals surface area contributed by atoms with Crippen molar-refractivity contribution in [2.75, 3.05) is 0 Å². The molecule has 1 aromatic carbocycles. The molecule has 0 unspecified atom stereocenters. The maximum Gasteiger partial charge on any atom is 0.232 e. The topological polar surface area (TPSA) is 40.5 Å². The third-order valence-corrected chi connectivity index (χ3v) is 4.15. The highest BCUT2D eigenvalue weighted by Gasteiger charge is 2.42. The summed E-state index contributed by atoms with van der Waals surface area (Å²) in [4.78, 5) is 14.1. The number of carbonyl (C=O) groups is 1. The van der Waals surface area contributed by atoms with Gasteiger partial charge in [0.05, 0.1) is 11.5 Å². The molecule has 1 N–H and O–H groups in total. The number of amides is 1. The second-order valence-electron chi connectivity index (χ2n) is 5.79. The second kappa shape index (κ2) is 5.80. The molecule has 2 rings (SSSR count). The van der Waals surface area contributed by atoms with Crippen molar-refractivity contribution in [3.05, 3.63) is 48.0 Å². The second-order valence-corrected chi connectivity index (χ2v) is 5.79. The lowest BCUT2D eigenvalue weighted by atomic mass is 9.86. The van der Waals surface area contributed by atoms with Gasteiger partial charge in [-0.2, -0.15) is 0 Å². The number of benzene rings is 1. The average Bonchev–Trinajstić information content (AvgIpc) is 2.46. The van der Waals surface area contributed by atoms with E-state index in [4.69, 9.17) is 0 Å². The van der Waals surface area contributed by atoms with Gasteiger partial charge < -0.3 is 10.0 Å². The molecule has 1 aliphatic heterocycles. The molecule has 3 nitrogen and oxygen atoms in total. The standard InChI is InChI=1S/C17H23NO2/c1-4-17(3,20)11-10-15-13(2)18(16(15)19)12-14-8-6-5-7-9-14/h5-11,13,15,20H,4,12H2,1-3H3/b11-10+/t13-,15+,17-/m1/s1. The van der Waals surface area contributed by atoms with Gasteiger partial charge in [-0.25, -0.2) is 0 Å². The van der Waals surface area contributed by atoms with Crippen molar-refractivity contribution in [3.63, 3.8) is 0 Å². The first-order chi connectivity index (χ1) is 9.44. The van der Waals surface area contributed by atoms with E-state index in [0.717, 1.165) is 5.56 Å². The lowest BCUT2D eigenvalue weighted by molar-refractivity contribution is -0.152. The summed E-state index contributed by atoms with van der Waals surface area (Å²) in [6, 6.07) is 10.2. The minimum absolute atomic E-state index is 0.100. The Morgan fingerprint density at radius 3 is 2.55 bits per heavy atom. The first kappa shape index (κ1) is 14.8. The predicted octanol–water partition coefficient (Wildman–Crippen LogP) is 2.75. The fourth-order valence-electron chi connectivity index (χ4n) is 2.38. The molecule has 0 aliphatic carbocycles. The molecule has 108 valence electrons. The van der Waals surface area contributed by atoms with Crippen LogP contribution in [0.1, 0.15) is 32.8 Å². The van der Waals surface area contributed by atoms with Crippen molar-refractivity contribution in [1.82, 2.24) is 4.90 Å². The molecule has 0 aromatic heterocycles. The Hall–Kier alpha value is -1.61. The van der Waals surface area contributed by atoms with Crippen LogP contribution in [-0.2, 0) is 11.3 Å².